The molecule has 1 aromatic carbocycles. The van der Waals surface area contributed by atoms with Gasteiger partial charge in [-0.05, 0) is 26.0 Å². The molecule has 2 rings (SSSR count). The third kappa shape index (κ3) is 2.66. The van der Waals surface area contributed by atoms with Gasteiger partial charge in [-0.1, -0.05) is 11.6 Å². The van der Waals surface area contributed by atoms with Crippen LogP contribution in [-0.2, 0) is 13.2 Å². The molecule has 1 N–H and O–H groups in total. The Morgan fingerprint density at radius 3 is 2.70 bits per heavy atom. The van der Waals surface area contributed by atoms with E-state index in [-0.39, 0.29) is 18.8 Å². The van der Waals surface area contributed by atoms with Gasteiger partial charge in [0, 0.05) is 22.3 Å². The molecule has 0 amide bonds. The van der Waals surface area contributed by atoms with Gasteiger partial charge in [0.05, 0.1) is 29.3 Å². The molecule has 0 spiro atoms. The van der Waals surface area contributed by atoms with Gasteiger partial charge < -0.3 is 5.11 Å². The lowest BCUT2D eigenvalue weighted by molar-refractivity contribution is -0.385. The van der Waals surface area contributed by atoms with E-state index in [9.17, 15) is 15.2 Å². The SMILES string of the molecule is Cc1nn(Cc2cc(Cl)ccc2[N+](=O)[O-])c(C)c1CO. The van der Waals surface area contributed by atoms with Crippen molar-refractivity contribution in [2.45, 2.75) is 27.0 Å². The Balaban J connectivity index is 2.44. The monoisotopic (exact) mass is 295 g/mol. The van der Waals surface area contributed by atoms with Crippen molar-refractivity contribution < 1.29 is 10.0 Å². The third-order valence-electron chi connectivity index (χ3n) is 3.25. The van der Waals surface area contributed by atoms with Crippen LogP contribution in [0.3, 0.4) is 0 Å². The van der Waals surface area contributed by atoms with Crippen molar-refractivity contribution in [3.63, 3.8) is 0 Å². The molecule has 0 aliphatic carbocycles. The highest BCUT2D eigenvalue weighted by Crippen LogP contribution is 2.24. The Labute approximate surface area is 120 Å². The average Bonchev–Trinajstić information content (AvgIpc) is 2.63. The molecular weight excluding hydrogens is 282 g/mol. The van der Waals surface area contributed by atoms with Gasteiger partial charge in [0.25, 0.3) is 5.69 Å². The summed E-state index contributed by atoms with van der Waals surface area (Å²) in [5, 5.41) is 25.0. The summed E-state index contributed by atoms with van der Waals surface area (Å²) in [6.07, 6.45) is 0. The molecule has 1 aromatic heterocycles. The summed E-state index contributed by atoms with van der Waals surface area (Å²) in [7, 11) is 0. The van der Waals surface area contributed by atoms with Gasteiger partial charge in [0.1, 0.15) is 0 Å². The molecule has 0 aliphatic rings. The van der Waals surface area contributed by atoms with Crippen molar-refractivity contribution in [1.29, 1.82) is 0 Å². The van der Waals surface area contributed by atoms with Crippen molar-refractivity contribution in [2.24, 2.45) is 0 Å². The van der Waals surface area contributed by atoms with Crippen molar-refractivity contribution in [3.05, 3.63) is 55.9 Å². The first-order valence-electron chi connectivity index (χ1n) is 6.00. The molecule has 0 bridgehead atoms. The van der Waals surface area contributed by atoms with E-state index in [1.54, 1.807) is 17.7 Å². The van der Waals surface area contributed by atoms with Crippen LogP contribution >= 0.6 is 11.6 Å². The van der Waals surface area contributed by atoms with Gasteiger partial charge in [-0.25, -0.2) is 0 Å². The highest BCUT2D eigenvalue weighted by atomic mass is 35.5. The normalized spacial score (nSPS) is 10.8. The van der Waals surface area contributed by atoms with E-state index < -0.39 is 4.92 Å². The maximum atomic E-state index is 11.0. The van der Waals surface area contributed by atoms with Crippen LogP contribution in [0.25, 0.3) is 0 Å². The van der Waals surface area contributed by atoms with E-state index in [2.05, 4.69) is 5.10 Å². The van der Waals surface area contributed by atoms with Crippen LogP contribution in [0.2, 0.25) is 5.02 Å². The van der Waals surface area contributed by atoms with Crippen LogP contribution in [0.15, 0.2) is 18.2 Å². The molecule has 6 nitrogen and oxygen atoms in total. The molecule has 106 valence electrons. The highest BCUT2D eigenvalue weighted by Gasteiger charge is 2.17. The van der Waals surface area contributed by atoms with E-state index in [1.165, 1.54) is 12.1 Å². The van der Waals surface area contributed by atoms with E-state index in [0.29, 0.717) is 10.6 Å². The van der Waals surface area contributed by atoms with Gasteiger partial charge in [0.15, 0.2) is 0 Å². The Kier molecular flexibility index (Phi) is 4.06. The van der Waals surface area contributed by atoms with E-state index in [4.69, 9.17) is 11.6 Å². The molecule has 0 unspecified atom stereocenters. The molecule has 0 atom stereocenters. The predicted octanol–water partition coefficient (Wildman–Crippen LogP) is 2.60. The molecule has 1 heterocycles. The molecule has 2 aromatic rings. The summed E-state index contributed by atoms with van der Waals surface area (Å²) < 4.78 is 1.64. The topological polar surface area (TPSA) is 81.2 Å². The number of aryl methyl sites for hydroxylation is 1. The fraction of sp³-hybridized carbons (Fsp3) is 0.308. The first kappa shape index (κ1) is 14.5. The fourth-order valence-corrected chi connectivity index (χ4v) is 2.33. The maximum Gasteiger partial charge on any atom is 0.274 e. The summed E-state index contributed by atoms with van der Waals surface area (Å²) in [5.74, 6) is 0. The zero-order valence-electron chi connectivity index (χ0n) is 11.1. The van der Waals surface area contributed by atoms with Gasteiger partial charge >= 0.3 is 0 Å². The third-order valence-corrected chi connectivity index (χ3v) is 3.48. The number of nitrogens with zero attached hydrogens (tertiary/aromatic N) is 3. The van der Waals surface area contributed by atoms with Crippen LogP contribution in [0.5, 0.6) is 0 Å². The van der Waals surface area contributed by atoms with Crippen molar-refractivity contribution in [3.8, 4) is 0 Å². The number of hydrogen-bond acceptors (Lipinski definition) is 4. The Morgan fingerprint density at radius 1 is 1.45 bits per heavy atom. The highest BCUT2D eigenvalue weighted by molar-refractivity contribution is 6.30. The largest absolute Gasteiger partial charge is 0.392 e. The van der Waals surface area contributed by atoms with Crippen LogP contribution < -0.4 is 0 Å². The number of aliphatic hydroxyl groups is 1. The number of halogens is 1. The summed E-state index contributed by atoms with van der Waals surface area (Å²) >= 11 is 5.90. The van der Waals surface area contributed by atoms with Crippen molar-refractivity contribution in [2.75, 3.05) is 0 Å². The summed E-state index contributed by atoms with van der Waals surface area (Å²) in [6.45, 7) is 3.75. The maximum absolute atomic E-state index is 11.0. The number of rotatable bonds is 4. The number of aromatic nitrogens is 2. The molecule has 0 saturated heterocycles. The zero-order valence-corrected chi connectivity index (χ0v) is 11.9. The number of hydrogen-bond donors (Lipinski definition) is 1. The fourth-order valence-electron chi connectivity index (χ4n) is 2.14. The lowest BCUT2D eigenvalue weighted by Gasteiger charge is -2.06. The number of benzene rings is 1. The van der Waals surface area contributed by atoms with Gasteiger partial charge in [-0.2, -0.15) is 5.10 Å². The Bertz CT molecular complexity index is 667. The summed E-state index contributed by atoms with van der Waals surface area (Å²) in [6, 6.07) is 4.44. The minimum Gasteiger partial charge on any atom is -0.392 e. The molecule has 20 heavy (non-hydrogen) atoms. The molecule has 0 fully saturated rings. The lowest BCUT2D eigenvalue weighted by atomic mass is 10.1. The summed E-state index contributed by atoms with van der Waals surface area (Å²) in [5.41, 5.74) is 2.74. The van der Waals surface area contributed by atoms with Crippen LogP contribution in [0, 0.1) is 24.0 Å². The van der Waals surface area contributed by atoms with Gasteiger partial charge in [-0.15, -0.1) is 0 Å². The molecule has 0 saturated carbocycles. The molecule has 7 heteroatoms. The molecule has 0 aliphatic heterocycles. The summed E-state index contributed by atoms with van der Waals surface area (Å²) in [4.78, 5) is 10.6. The van der Waals surface area contributed by atoms with E-state index in [1.807, 2.05) is 6.92 Å². The minimum atomic E-state index is -0.440. The van der Waals surface area contributed by atoms with E-state index >= 15 is 0 Å². The standard InChI is InChI=1S/C13H14ClN3O3/c1-8-12(7-18)9(2)16(15-8)6-10-5-11(14)3-4-13(10)17(19)20/h3-5,18H,6-7H2,1-2H3. The predicted molar refractivity (Wildman–Crippen MR) is 74.8 cm³/mol. The second-order valence-corrected chi connectivity index (χ2v) is 4.93. The molecular formula is C13H14ClN3O3. The number of nitro groups is 1. The van der Waals surface area contributed by atoms with Crippen LogP contribution in [0.4, 0.5) is 5.69 Å². The molecule has 0 radical (unpaired) electrons. The van der Waals surface area contributed by atoms with Gasteiger partial charge in [0.2, 0.25) is 0 Å². The number of aliphatic hydroxyl groups excluding tert-OH is 1. The second kappa shape index (κ2) is 5.60. The van der Waals surface area contributed by atoms with Gasteiger partial charge in [-0.3, -0.25) is 14.8 Å². The van der Waals surface area contributed by atoms with Crippen molar-refractivity contribution >= 4 is 17.3 Å². The smallest absolute Gasteiger partial charge is 0.274 e. The first-order valence-corrected chi connectivity index (χ1v) is 6.38. The number of nitro benzene ring substituents is 1. The first-order chi connectivity index (χ1) is 9.43. The van der Waals surface area contributed by atoms with E-state index in [0.717, 1.165) is 17.0 Å². The van der Waals surface area contributed by atoms with Crippen LogP contribution in [-0.4, -0.2) is 19.8 Å². The second-order valence-electron chi connectivity index (χ2n) is 4.50. The quantitative estimate of drug-likeness (QED) is 0.694. The minimum absolute atomic E-state index is 0.00695. The Morgan fingerprint density at radius 2 is 2.15 bits per heavy atom. The Hall–Kier alpha value is -1.92. The average molecular weight is 296 g/mol. The van der Waals surface area contributed by atoms with Crippen molar-refractivity contribution in [1.82, 2.24) is 9.78 Å². The van der Waals surface area contributed by atoms with Crippen LogP contribution in [0.1, 0.15) is 22.5 Å². The lowest BCUT2D eigenvalue weighted by Crippen LogP contribution is -2.07. The zero-order chi connectivity index (χ0) is 14.9.